The Balaban J connectivity index is 2.17. The fraction of sp³-hybridized carbons (Fsp3) is 0.571. The second-order valence-electron chi connectivity index (χ2n) is 4.98. The third-order valence-electron chi connectivity index (χ3n) is 3.02. The average molecular weight is 283 g/mol. The van der Waals surface area contributed by atoms with Crippen molar-refractivity contribution in [2.24, 2.45) is 5.73 Å². The van der Waals surface area contributed by atoms with Crippen LogP contribution in [0, 0.1) is 0 Å². The zero-order valence-electron chi connectivity index (χ0n) is 11.4. The molecule has 1 aliphatic rings. The molecule has 2 N–H and O–H groups in total. The lowest BCUT2D eigenvalue weighted by molar-refractivity contribution is 0.297. The van der Waals surface area contributed by atoms with E-state index in [9.17, 15) is 4.21 Å². The molecule has 0 bridgehead atoms. The van der Waals surface area contributed by atoms with Crippen LogP contribution in [0.1, 0.15) is 26.7 Å². The van der Waals surface area contributed by atoms with E-state index in [4.69, 9.17) is 15.2 Å². The van der Waals surface area contributed by atoms with Crippen LogP contribution in [0.3, 0.4) is 0 Å². The van der Waals surface area contributed by atoms with Crippen LogP contribution in [-0.4, -0.2) is 28.7 Å². The summed E-state index contributed by atoms with van der Waals surface area (Å²) in [5.41, 5.74) is 5.76. The molecule has 19 heavy (non-hydrogen) atoms. The van der Waals surface area contributed by atoms with Crippen molar-refractivity contribution < 1.29 is 13.7 Å². The number of hydrogen-bond acceptors (Lipinski definition) is 4. The van der Waals surface area contributed by atoms with E-state index in [2.05, 4.69) is 0 Å². The average Bonchev–Trinajstić information content (AvgIpc) is 2.61. The molecule has 0 fully saturated rings. The van der Waals surface area contributed by atoms with Crippen LogP contribution in [0.5, 0.6) is 11.5 Å². The predicted molar refractivity (Wildman–Crippen MR) is 76.2 cm³/mol. The quantitative estimate of drug-likeness (QED) is 0.919. The summed E-state index contributed by atoms with van der Waals surface area (Å²) in [6.45, 7) is 5.19. The summed E-state index contributed by atoms with van der Waals surface area (Å²) in [5.74, 6) is 1.43. The van der Waals surface area contributed by atoms with Gasteiger partial charge in [0.25, 0.3) is 0 Å². The highest BCUT2D eigenvalue weighted by atomic mass is 32.2. The number of ether oxygens (including phenoxy) is 2. The van der Waals surface area contributed by atoms with E-state index in [1.165, 1.54) is 0 Å². The molecule has 1 aromatic carbocycles. The Hall–Kier alpha value is -1.07. The van der Waals surface area contributed by atoms with Gasteiger partial charge in [0.05, 0.1) is 24.0 Å². The van der Waals surface area contributed by atoms with Gasteiger partial charge >= 0.3 is 0 Å². The molecule has 2 rings (SSSR count). The van der Waals surface area contributed by atoms with E-state index in [1.54, 1.807) is 0 Å². The Labute approximate surface area is 116 Å². The first-order valence-corrected chi connectivity index (χ1v) is 7.85. The minimum atomic E-state index is -1.07. The molecule has 0 spiro atoms. The number of rotatable bonds is 4. The van der Waals surface area contributed by atoms with Crippen molar-refractivity contribution in [2.75, 3.05) is 13.2 Å². The van der Waals surface area contributed by atoms with Gasteiger partial charge in [0.15, 0.2) is 11.5 Å². The first-order valence-electron chi connectivity index (χ1n) is 6.63. The molecule has 3 unspecified atom stereocenters. The molecule has 0 saturated heterocycles. The van der Waals surface area contributed by atoms with Crippen LogP contribution in [-0.2, 0) is 10.8 Å². The van der Waals surface area contributed by atoms with Crippen LogP contribution in [0.15, 0.2) is 23.1 Å². The van der Waals surface area contributed by atoms with Crippen molar-refractivity contribution in [2.45, 2.75) is 42.9 Å². The summed E-state index contributed by atoms with van der Waals surface area (Å²) < 4.78 is 23.6. The van der Waals surface area contributed by atoms with Gasteiger partial charge in [-0.3, -0.25) is 4.21 Å². The third kappa shape index (κ3) is 3.70. The molecule has 5 heteroatoms. The van der Waals surface area contributed by atoms with Crippen LogP contribution >= 0.6 is 0 Å². The molecule has 106 valence electrons. The third-order valence-corrected chi connectivity index (χ3v) is 4.66. The molecule has 1 aromatic rings. The van der Waals surface area contributed by atoms with Crippen molar-refractivity contribution in [1.29, 1.82) is 0 Å². The largest absolute Gasteiger partial charge is 0.490 e. The van der Waals surface area contributed by atoms with Gasteiger partial charge < -0.3 is 15.2 Å². The van der Waals surface area contributed by atoms with E-state index in [0.717, 1.165) is 23.5 Å². The van der Waals surface area contributed by atoms with E-state index >= 15 is 0 Å². The SMILES string of the molecule is CC(N)CC(C)S(=O)c1ccc2c(c1)OCCCO2. The zero-order chi connectivity index (χ0) is 13.8. The molecule has 0 aliphatic carbocycles. The molecule has 4 nitrogen and oxygen atoms in total. The lowest BCUT2D eigenvalue weighted by Gasteiger charge is -2.15. The summed E-state index contributed by atoms with van der Waals surface area (Å²) in [6, 6.07) is 5.57. The number of nitrogens with two attached hydrogens (primary N) is 1. The van der Waals surface area contributed by atoms with E-state index in [-0.39, 0.29) is 11.3 Å². The van der Waals surface area contributed by atoms with Gasteiger partial charge in [-0.2, -0.15) is 0 Å². The lowest BCUT2D eigenvalue weighted by atomic mass is 10.2. The summed E-state index contributed by atoms with van der Waals surface area (Å²) in [7, 11) is -1.07. The molecule has 0 amide bonds. The number of benzene rings is 1. The van der Waals surface area contributed by atoms with Crippen molar-refractivity contribution in [1.82, 2.24) is 0 Å². The molecule has 1 aliphatic heterocycles. The van der Waals surface area contributed by atoms with E-state index in [0.29, 0.717) is 19.0 Å². The molecule has 0 saturated carbocycles. The summed E-state index contributed by atoms with van der Waals surface area (Å²) >= 11 is 0. The van der Waals surface area contributed by atoms with Gasteiger partial charge in [-0.25, -0.2) is 0 Å². The minimum Gasteiger partial charge on any atom is -0.490 e. The van der Waals surface area contributed by atoms with Gasteiger partial charge in [-0.05, 0) is 25.5 Å². The smallest absolute Gasteiger partial charge is 0.162 e. The fourth-order valence-corrected chi connectivity index (χ4v) is 3.48. The van der Waals surface area contributed by atoms with Gasteiger partial charge in [-0.15, -0.1) is 0 Å². The van der Waals surface area contributed by atoms with Gasteiger partial charge in [0.1, 0.15) is 0 Å². The Bertz CT molecular complexity index is 462. The number of fused-ring (bicyclic) bond motifs is 1. The Morgan fingerprint density at radius 3 is 2.63 bits per heavy atom. The Morgan fingerprint density at radius 2 is 1.95 bits per heavy atom. The zero-order valence-corrected chi connectivity index (χ0v) is 12.2. The molecular weight excluding hydrogens is 262 g/mol. The van der Waals surface area contributed by atoms with Crippen molar-refractivity contribution in [3.8, 4) is 11.5 Å². The maximum absolute atomic E-state index is 12.4. The molecule has 0 radical (unpaired) electrons. The maximum atomic E-state index is 12.4. The monoisotopic (exact) mass is 283 g/mol. The van der Waals surface area contributed by atoms with Crippen LogP contribution in [0.4, 0.5) is 0 Å². The second kappa shape index (κ2) is 6.39. The van der Waals surface area contributed by atoms with Gasteiger partial charge in [0.2, 0.25) is 0 Å². The van der Waals surface area contributed by atoms with Crippen LogP contribution in [0.2, 0.25) is 0 Å². The van der Waals surface area contributed by atoms with Crippen LogP contribution in [0.25, 0.3) is 0 Å². The molecule has 1 heterocycles. The minimum absolute atomic E-state index is 0.0322. The summed E-state index contributed by atoms with van der Waals surface area (Å²) in [6.07, 6.45) is 1.61. The normalized spacial score (nSPS) is 19.3. The maximum Gasteiger partial charge on any atom is 0.162 e. The van der Waals surface area contributed by atoms with Gasteiger partial charge in [0, 0.05) is 28.7 Å². The first-order chi connectivity index (χ1) is 9.08. The predicted octanol–water partition coefficient (Wildman–Crippen LogP) is 2.08. The van der Waals surface area contributed by atoms with Gasteiger partial charge in [-0.1, -0.05) is 6.92 Å². The highest BCUT2D eigenvalue weighted by Gasteiger charge is 2.18. The van der Waals surface area contributed by atoms with Crippen molar-refractivity contribution >= 4 is 10.8 Å². The molecule has 0 aromatic heterocycles. The highest BCUT2D eigenvalue weighted by molar-refractivity contribution is 7.85. The van der Waals surface area contributed by atoms with E-state index < -0.39 is 10.8 Å². The van der Waals surface area contributed by atoms with E-state index in [1.807, 2.05) is 32.0 Å². The molecular formula is C14H21NO3S. The standard InChI is InChI=1S/C14H21NO3S/c1-10(15)8-11(2)19(16)12-4-5-13-14(9-12)18-7-3-6-17-13/h4-5,9-11H,3,6-8,15H2,1-2H3. The summed E-state index contributed by atoms with van der Waals surface area (Å²) in [4.78, 5) is 0.775. The fourth-order valence-electron chi connectivity index (χ4n) is 2.11. The van der Waals surface area contributed by atoms with Crippen molar-refractivity contribution in [3.63, 3.8) is 0 Å². The summed E-state index contributed by atoms with van der Waals surface area (Å²) in [5, 5.41) is 0.0322. The van der Waals surface area contributed by atoms with Crippen LogP contribution < -0.4 is 15.2 Å². The Morgan fingerprint density at radius 1 is 1.26 bits per heavy atom. The van der Waals surface area contributed by atoms with Crippen molar-refractivity contribution in [3.05, 3.63) is 18.2 Å². The highest BCUT2D eigenvalue weighted by Crippen LogP contribution is 2.32. The Kier molecular flexibility index (Phi) is 4.82. The topological polar surface area (TPSA) is 61.6 Å². The lowest BCUT2D eigenvalue weighted by Crippen LogP contribution is -2.24. The number of hydrogen-bond donors (Lipinski definition) is 1. The molecule has 3 atom stereocenters. The first kappa shape index (κ1) is 14.3. The second-order valence-corrected chi connectivity index (χ2v) is 6.85.